The average molecular weight is 574 g/mol. The summed E-state index contributed by atoms with van der Waals surface area (Å²) < 4.78 is 23.0. The highest BCUT2D eigenvalue weighted by atomic mass is 16.5. The summed E-state index contributed by atoms with van der Waals surface area (Å²) in [7, 11) is 1.62. The second-order valence-corrected chi connectivity index (χ2v) is 12.9. The molecule has 0 radical (unpaired) electrons. The van der Waals surface area contributed by atoms with Gasteiger partial charge in [0, 0.05) is 11.1 Å². The maximum Gasteiger partial charge on any atom is 0.311 e. The molecule has 2 aromatic heterocycles. The SMILES string of the molecule is COc1ccc(-c2ccc3c(N4C5CCC4COC5)nc(N4C5CCC4COC5)nc3n2)cc1COC(=O)C(C)(C)C. The predicted molar refractivity (Wildman–Crippen MR) is 159 cm³/mol. The fourth-order valence-electron chi connectivity index (χ4n) is 6.80. The molecule has 4 bridgehead atoms. The van der Waals surface area contributed by atoms with Gasteiger partial charge < -0.3 is 28.7 Å². The smallest absolute Gasteiger partial charge is 0.311 e. The topological polar surface area (TPSA) is 99.1 Å². The summed E-state index contributed by atoms with van der Waals surface area (Å²) in [4.78, 5) is 32.8. The van der Waals surface area contributed by atoms with Crippen molar-refractivity contribution in [2.45, 2.75) is 77.2 Å². The lowest BCUT2D eigenvalue weighted by molar-refractivity contribution is -0.154. The van der Waals surface area contributed by atoms with Crippen molar-refractivity contribution in [3.63, 3.8) is 0 Å². The molecule has 4 unspecified atom stereocenters. The second-order valence-electron chi connectivity index (χ2n) is 12.9. The van der Waals surface area contributed by atoms with Crippen LogP contribution >= 0.6 is 0 Å². The van der Waals surface area contributed by atoms with E-state index in [0.29, 0.717) is 48.8 Å². The van der Waals surface area contributed by atoms with E-state index in [1.54, 1.807) is 7.11 Å². The standard InChI is InChI=1S/C32H39N5O5/c1-32(2,3)30(38)42-14-20-13-19(5-12-27(20)39-4)26-11-10-25-28(33-26)34-31(37-23-8-9-24(37)18-41-17-23)35-29(25)36-21-6-7-22(36)16-40-15-21/h5,10-13,21-24H,6-9,14-18H2,1-4H3. The van der Waals surface area contributed by atoms with Gasteiger partial charge in [-0.3, -0.25) is 4.79 Å². The lowest BCUT2D eigenvalue weighted by atomic mass is 9.97. The fourth-order valence-corrected chi connectivity index (χ4v) is 6.80. The Balaban J connectivity index is 1.29. The normalized spacial score (nSPS) is 25.2. The molecular weight excluding hydrogens is 534 g/mol. The summed E-state index contributed by atoms with van der Waals surface area (Å²) in [6.07, 6.45) is 4.39. The number of hydrogen-bond acceptors (Lipinski definition) is 10. The molecule has 0 spiro atoms. The zero-order chi connectivity index (χ0) is 29.0. The summed E-state index contributed by atoms with van der Waals surface area (Å²) >= 11 is 0. The quantitative estimate of drug-likeness (QED) is 0.391. The van der Waals surface area contributed by atoms with E-state index in [1.807, 2.05) is 45.0 Å². The first kappa shape index (κ1) is 27.3. The molecule has 1 aromatic carbocycles. The van der Waals surface area contributed by atoms with Crippen LogP contribution in [-0.2, 0) is 25.6 Å². The van der Waals surface area contributed by atoms with Gasteiger partial charge in [0.2, 0.25) is 5.95 Å². The molecule has 7 rings (SSSR count). The molecule has 4 saturated heterocycles. The Hall–Kier alpha value is -3.50. The van der Waals surface area contributed by atoms with Crippen molar-refractivity contribution < 1.29 is 23.7 Å². The number of rotatable bonds is 6. The molecule has 0 N–H and O–H groups in total. The lowest BCUT2D eigenvalue weighted by Gasteiger charge is -2.38. The molecule has 6 heterocycles. The average Bonchev–Trinajstić information content (AvgIpc) is 3.39. The number of morpholine rings is 2. The van der Waals surface area contributed by atoms with Crippen molar-refractivity contribution in [1.29, 1.82) is 0 Å². The number of carbonyl (C=O) groups excluding carboxylic acids is 1. The largest absolute Gasteiger partial charge is 0.496 e. The minimum Gasteiger partial charge on any atom is -0.496 e. The number of anilines is 2. The van der Waals surface area contributed by atoms with Gasteiger partial charge in [0.05, 0.1) is 74.2 Å². The zero-order valence-electron chi connectivity index (χ0n) is 24.8. The molecule has 4 aliphatic heterocycles. The van der Waals surface area contributed by atoms with Crippen LogP contribution in [0.25, 0.3) is 22.3 Å². The van der Waals surface area contributed by atoms with Crippen LogP contribution in [0.3, 0.4) is 0 Å². The van der Waals surface area contributed by atoms with E-state index < -0.39 is 5.41 Å². The molecule has 4 fully saturated rings. The van der Waals surface area contributed by atoms with Crippen LogP contribution in [0.4, 0.5) is 11.8 Å². The predicted octanol–water partition coefficient (Wildman–Crippen LogP) is 4.52. The van der Waals surface area contributed by atoms with E-state index in [9.17, 15) is 4.79 Å². The van der Waals surface area contributed by atoms with Crippen LogP contribution < -0.4 is 14.5 Å². The second kappa shape index (κ2) is 10.6. The minimum absolute atomic E-state index is 0.122. The summed E-state index contributed by atoms with van der Waals surface area (Å²) in [6.45, 7) is 8.51. The highest BCUT2D eigenvalue weighted by molar-refractivity contribution is 5.90. The van der Waals surface area contributed by atoms with Crippen molar-refractivity contribution >= 4 is 28.8 Å². The van der Waals surface area contributed by atoms with Gasteiger partial charge in [-0.2, -0.15) is 9.97 Å². The Morgan fingerprint density at radius 2 is 1.52 bits per heavy atom. The molecule has 4 aliphatic rings. The Labute approximate surface area is 246 Å². The summed E-state index contributed by atoms with van der Waals surface area (Å²) in [5.41, 5.74) is 2.58. The van der Waals surface area contributed by atoms with Gasteiger partial charge in [0.15, 0.2) is 5.65 Å². The number of methoxy groups -OCH3 is 1. The monoisotopic (exact) mass is 573 g/mol. The van der Waals surface area contributed by atoms with Crippen molar-refractivity contribution in [3.8, 4) is 17.0 Å². The number of ether oxygens (including phenoxy) is 4. The Bertz CT molecular complexity index is 1470. The number of benzene rings is 1. The van der Waals surface area contributed by atoms with Gasteiger partial charge in [-0.25, -0.2) is 4.98 Å². The van der Waals surface area contributed by atoms with E-state index in [4.69, 9.17) is 33.9 Å². The number of fused-ring (bicyclic) bond motifs is 5. The highest BCUT2D eigenvalue weighted by Crippen LogP contribution is 2.40. The molecule has 42 heavy (non-hydrogen) atoms. The Morgan fingerprint density at radius 3 is 2.14 bits per heavy atom. The third-order valence-electron chi connectivity index (χ3n) is 9.03. The Morgan fingerprint density at radius 1 is 0.881 bits per heavy atom. The first-order valence-electron chi connectivity index (χ1n) is 15.1. The molecule has 3 aromatic rings. The third kappa shape index (κ3) is 4.84. The number of carbonyl (C=O) groups is 1. The molecule has 0 aliphatic carbocycles. The van der Waals surface area contributed by atoms with E-state index in [-0.39, 0.29) is 12.6 Å². The van der Waals surface area contributed by atoms with E-state index in [1.165, 1.54) is 0 Å². The van der Waals surface area contributed by atoms with Crippen LogP contribution in [0.5, 0.6) is 5.75 Å². The van der Waals surface area contributed by atoms with E-state index >= 15 is 0 Å². The summed E-state index contributed by atoms with van der Waals surface area (Å²) in [5.74, 6) is 2.11. The Kier molecular flexibility index (Phi) is 6.93. The molecule has 4 atom stereocenters. The molecular formula is C32H39N5O5. The van der Waals surface area contributed by atoms with Crippen molar-refractivity contribution in [2.75, 3.05) is 43.3 Å². The number of aromatic nitrogens is 3. The first-order valence-corrected chi connectivity index (χ1v) is 15.1. The minimum atomic E-state index is -0.584. The van der Waals surface area contributed by atoms with E-state index in [2.05, 4.69) is 15.9 Å². The first-order chi connectivity index (χ1) is 20.3. The van der Waals surface area contributed by atoms with Crippen LogP contribution in [0.1, 0.15) is 52.0 Å². The van der Waals surface area contributed by atoms with Gasteiger partial charge in [-0.15, -0.1) is 0 Å². The maximum atomic E-state index is 12.5. The summed E-state index contributed by atoms with van der Waals surface area (Å²) in [6, 6.07) is 11.2. The molecule has 10 nitrogen and oxygen atoms in total. The molecule has 0 amide bonds. The van der Waals surface area contributed by atoms with Crippen molar-refractivity contribution in [1.82, 2.24) is 15.0 Å². The van der Waals surface area contributed by atoms with Crippen LogP contribution in [0.15, 0.2) is 30.3 Å². The van der Waals surface area contributed by atoms with Crippen LogP contribution in [0.2, 0.25) is 0 Å². The van der Waals surface area contributed by atoms with Crippen LogP contribution in [-0.4, -0.2) is 78.6 Å². The van der Waals surface area contributed by atoms with Crippen molar-refractivity contribution in [3.05, 3.63) is 35.9 Å². The number of hydrogen-bond donors (Lipinski definition) is 0. The highest BCUT2D eigenvalue weighted by Gasteiger charge is 2.42. The van der Waals surface area contributed by atoms with Crippen LogP contribution in [0, 0.1) is 5.41 Å². The molecule has 10 heteroatoms. The number of pyridine rings is 1. The van der Waals surface area contributed by atoms with Gasteiger partial charge in [-0.05, 0) is 76.8 Å². The summed E-state index contributed by atoms with van der Waals surface area (Å²) in [5, 5.41) is 0.953. The van der Waals surface area contributed by atoms with Gasteiger partial charge in [-0.1, -0.05) is 0 Å². The van der Waals surface area contributed by atoms with Gasteiger partial charge in [0.1, 0.15) is 18.2 Å². The third-order valence-corrected chi connectivity index (χ3v) is 9.03. The molecule has 222 valence electrons. The van der Waals surface area contributed by atoms with Crippen molar-refractivity contribution in [2.24, 2.45) is 5.41 Å². The fraction of sp³-hybridized carbons (Fsp3) is 0.562. The molecule has 0 saturated carbocycles. The lowest BCUT2D eigenvalue weighted by Crippen LogP contribution is -2.48. The van der Waals surface area contributed by atoms with Gasteiger partial charge >= 0.3 is 5.97 Å². The number of nitrogens with zero attached hydrogens (tertiary/aromatic N) is 5. The maximum absolute atomic E-state index is 12.5. The zero-order valence-corrected chi connectivity index (χ0v) is 24.8. The van der Waals surface area contributed by atoms with E-state index in [0.717, 1.165) is 72.9 Å². The van der Waals surface area contributed by atoms with Gasteiger partial charge in [0.25, 0.3) is 0 Å². The number of esters is 1.